The molecule has 3 rings (SSSR count). The van der Waals surface area contributed by atoms with Gasteiger partial charge in [0.15, 0.2) is 6.61 Å². The van der Waals surface area contributed by atoms with Gasteiger partial charge in [0.05, 0.1) is 11.8 Å². The number of ether oxygens (including phenoxy) is 1. The van der Waals surface area contributed by atoms with E-state index in [4.69, 9.17) is 4.74 Å². The summed E-state index contributed by atoms with van der Waals surface area (Å²) in [7, 11) is 0. The van der Waals surface area contributed by atoms with Crippen molar-refractivity contribution in [1.82, 2.24) is 10.2 Å². The molecule has 0 spiro atoms. The number of hydrogen-bond donors (Lipinski definition) is 1. The smallest absolute Gasteiger partial charge is 0.289 e. The zero-order chi connectivity index (χ0) is 16.9. The van der Waals surface area contributed by atoms with Crippen LogP contribution in [-0.4, -0.2) is 46.4 Å². The van der Waals surface area contributed by atoms with Gasteiger partial charge in [-0.15, -0.1) is 0 Å². The second-order valence-corrected chi connectivity index (χ2v) is 6.87. The van der Waals surface area contributed by atoms with Crippen molar-refractivity contribution in [3.8, 4) is 5.75 Å². The first-order chi connectivity index (χ1) is 11.6. The van der Waals surface area contributed by atoms with Crippen molar-refractivity contribution >= 4 is 28.8 Å². The molecule has 1 N–H and O–H groups in total. The molecule has 3 amide bonds. The Hall–Kier alpha value is -2.02. The van der Waals surface area contributed by atoms with Crippen LogP contribution in [0.2, 0.25) is 0 Å². The molecule has 6 nitrogen and oxygen atoms in total. The SMILES string of the molecule is O=C(COc1ccccc1)N[C@H]1CCCC[C@@H]1N1C(=O)CSC1=O. The molecule has 2 aliphatic rings. The van der Waals surface area contributed by atoms with Gasteiger partial charge in [0.25, 0.3) is 11.1 Å². The lowest BCUT2D eigenvalue weighted by Crippen LogP contribution is -2.55. The molecule has 1 heterocycles. The predicted molar refractivity (Wildman–Crippen MR) is 90.8 cm³/mol. The minimum atomic E-state index is -0.241. The number of imide groups is 1. The fourth-order valence-corrected chi connectivity index (χ4v) is 3.95. The predicted octanol–water partition coefficient (Wildman–Crippen LogP) is 2.19. The Morgan fingerprint density at radius 1 is 1.21 bits per heavy atom. The van der Waals surface area contributed by atoms with Crippen LogP contribution >= 0.6 is 11.8 Å². The lowest BCUT2D eigenvalue weighted by molar-refractivity contribution is -0.129. The maximum atomic E-state index is 12.2. The van der Waals surface area contributed by atoms with Crippen LogP contribution in [0.25, 0.3) is 0 Å². The summed E-state index contributed by atoms with van der Waals surface area (Å²) in [5, 5.41) is 2.74. The third kappa shape index (κ3) is 3.90. The normalized spacial score (nSPS) is 24.1. The number of para-hydroxylation sites is 1. The second-order valence-electron chi connectivity index (χ2n) is 5.95. The molecular formula is C17H20N2O4S. The molecule has 2 fully saturated rings. The highest BCUT2D eigenvalue weighted by Crippen LogP contribution is 2.30. The maximum absolute atomic E-state index is 12.2. The lowest BCUT2D eigenvalue weighted by atomic mass is 9.89. The van der Waals surface area contributed by atoms with Crippen LogP contribution in [-0.2, 0) is 9.59 Å². The molecule has 0 unspecified atom stereocenters. The summed E-state index contributed by atoms with van der Waals surface area (Å²) in [6.45, 7) is -0.0795. The summed E-state index contributed by atoms with van der Waals surface area (Å²) in [6.07, 6.45) is 3.44. The first-order valence-electron chi connectivity index (χ1n) is 8.11. The largest absolute Gasteiger partial charge is 0.484 e. The van der Waals surface area contributed by atoms with Gasteiger partial charge in [0.2, 0.25) is 5.91 Å². The monoisotopic (exact) mass is 348 g/mol. The van der Waals surface area contributed by atoms with Crippen LogP contribution in [0.15, 0.2) is 30.3 Å². The number of nitrogens with zero attached hydrogens (tertiary/aromatic N) is 1. The summed E-state index contributed by atoms with van der Waals surface area (Å²) in [4.78, 5) is 37.4. The van der Waals surface area contributed by atoms with Crippen LogP contribution in [0.5, 0.6) is 5.75 Å². The van der Waals surface area contributed by atoms with Gasteiger partial charge in [-0.05, 0) is 25.0 Å². The fraction of sp³-hybridized carbons (Fsp3) is 0.471. The van der Waals surface area contributed by atoms with Gasteiger partial charge in [0.1, 0.15) is 5.75 Å². The first kappa shape index (κ1) is 16.8. The van der Waals surface area contributed by atoms with Gasteiger partial charge in [-0.2, -0.15) is 0 Å². The van der Waals surface area contributed by atoms with Crippen LogP contribution in [0.4, 0.5) is 4.79 Å². The summed E-state index contributed by atoms with van der Waals surface area (Å²) >= 11 is 1.04. The molecule has 128 valence electrons. The van der Waals surface area contributed by atoms with Crippen molar-refractivity contribution in [3.05, 3.63) is 30.3 Å². The van der Waals surface area contributed by atoms with Crippen molar-refractivity contribution in [1.29, 1.82) is 0 Å². The van der Waals surface area contributed by atoms with Crippen LogP contribution in [0.1, 0.15) is 25.7 Å². The molecule has 0 radical (unpaired) electrons. The molecule has 1 aliphatic carbocycles. The van der Waals surface area contributed by atoms with Gasteiger partial charge < -0.3 is 10.1 Å². The Balaban J connectivity index is 1.58. The minimum Gasteiger partial charge on any atom is -0.484 e. The van der Waals surface area contributed by atoms with E-state index in [1.807, 2.05) is 18.2 Å². The molecule has 1 aromatic rings. The summed E-state index contributed by atoms with van der Waals surface area (Å²) in [5.74, 6) is 0.445. The second kappa shape index (κ2) is 7.70. The quantitative estimate of drug-likeness (QED) is 0.883. The van der Waals surface area contributed by atoms with E-state index < -0.39 is 0 Å². The van der Waals surface area contributed by atoms with E-state index in [0.29, 0.717) is 5.75 Å². The number of thioether (sulfide) groups is 1. The van der Waals surface area contributed by atoms with E-state index in [1.165, 1.54) is 4.90 Å². The van der Waals surface area contributed by atoms with Gasteiger partial charge in [-0.25, -0.2) is 0 Å². The van der Waals surface area contributed by atoms with Crippen LogP contribution < -0.4 is 10.1 Å². The molecule has 1 aliphatic heterocycles. The molecule has 1 aromatic carbocycles. The standard InChI is InChI=1S/C17H20N2O4S/c20-15(10-23-12-6-2-1-3-7-12)18-13-8-4-5-9-14(13)19-16(21)11-24-17(19)22/h1-3,6-7,13-14H,4-5,8-11H2,(H,18,20)/t13-,14-/m0/s1. The fourth-order valence-electron chi connectivity index (χ4n) is 3.19. The molecule has 1 saturated carbocycles. The average molecular weight is 348 g/mol. The Bertz CT molecular complexity index is 606. The van der Waals surface area contributed by atoms with E-state index in [-0.39, 0.29) is 41.5 Å². The molecule has 0 aromatic heterocycles. The van der Waals surface area contributed by atoms with E-state index in [2.05, 4.69) is 5.32 Å². The molecule has 0 bridgehead atoms. The topological polar surface area (TPSA) is 75.7 Å². The lowest BCUT2D eigenvalue weighted by Gasteiger charge is -2.36. The van der Waals surface area contributed by atoms with Crippen molar-refractivity contribution in [2.75, 3.05) is 12.4 Å². The number of benzene rings is 1. The van der Waals surface area contributed by atoms with Gasteiger partial charge in [-0.3, -0.25) is 19.3 Å². The van der Waals surface area contributed by atoms with Gasteiger partial charge in [0, 0.05) is 6.04 Å². The van der Waals surface area contributed by atoms with Crippen LogP contribution in [0, 0.1) is 0 Å². The molecule has 24 heavy (non-hydrogen) atoms. The van der Waals surface area contributed by atoms with E-state index in [9.17, 15) is 14.4 Å². The molecule has 7 heteroatoms. The van der Waals surface area contributed by atoms with Crippen molar-refractivity contribution < 1.29 is 19.1 Å². The summed E-state index contributed by atoms with van der Waals surface area (Å²) in [5.41, 5.74) is 0. The third-order valence-electron chi connectivity index (χ3n) is 4.31. The Kier molecular flexibility index (Phi) is 5.40. The number of hydrogen-bond acceptors (Lipinski definition) is 5. The molecule has 2 atom stereocenters. The number of carbonyl (C=O) groups excluding carboxylic acids is 3. The van der Waals surface area contributed by atoms with Gasteiger partial charge >= 0.3 is 0 Å². The Labute approximate surface area is 144 Å². The summed E-state index contributed by atoms with van der Waals surface area (Å²) < 4.78 is 5.45. The van der Waals surface area contributed by atoms with E-state index in [1.54, 1.807) is 12.1 Å². The first-order valence-corrected chi connectivity index (χ1v) is 9.10. The highest BCUT2D eigenvalue weighted by atomic mass is 32.2. The average Bonchev–Trinajstić information content (AvgIpc) is 2.93. The zero-order valence-corrected chi connectivity index (χ0v) is 14.1. The van der Waals surface area contributed by atoms with Crippen molar-refractivity contribution in [3.63, 3.8) is 0 Å². The minimum absolute atomic E-state index is 0.0795. The molecule has 1 saturated heterocycles. The van der Waals surface area contributed by atoms with E-state index in [0.717, 1.165) is 37.4 Å². The van der Waals surface area contributed by atoms with Gasteiger partial charge in [-0.1, -0.05) is 42.8 Å². The number of rotatable bonds is 5. The number of carbonyl (C=O) groups is 3. The highest BCUT2D eigenvalue weighted by molar-refractivity contribution is 8.14. The molecular weight excluding hydrogens is 328 g/mol. The summed E-state index contributed by atoms with van der Waals surface area (Å²) in [6, 6.07) is 8.69. The number of amides is 3. The Morgan fingerprint density at radius 3 is 2.67 bits per heavy atom. The maximum Gasteiger partial charge on any atom is 0.289 e. The highest BCUT2D eigenvalue weighted by Gasteiger charge is 2.41. The zero-order valence-electron chi connectivity index (χ0n) is 13.3. The van der Waals surface area contributed by atoms with Crippen LogP contribution in [0.3, 0.4) is 0 Å². The Morgan fingerprint density at radius 2 is 1.96 bits per heavy atom. The van der Waals surface area contributed by atoms with Crippen molar-refractivity contribution in [2.24, 2.45) is 0 Å². The van der Waals surface area contributed by atoms with Crippen molar-refractivity contribution in [2.45, 2.75) is 37.8 Å². The third-order valence-corrected chi connectivity index (χ3v) is 5.14. The number of nitrogens with one attached hydrogen (secondary N) is 1. The van der Waals surface area contributed by atoms with E-state index >= 15 is 0 Å².